The zero-order valence-electron chi connectivity index (χ0n) is 16.2. The molecular weight excluding hydrogens is 420 g/mol. The Hall–Kier alpha value is -3.47. The smallest absolute Gasteiger partial charge is 0.416 e. The Morgan fingerprint density at radius 2 is 1.81 bits per heavy atom. The van der Waals surface area contributed by atoms with Crippen LogP contribution in [0.15, 0.2) is 48.5 Å². The van der Waals surface area contributed by atoms with Gasteiger partial charge in [-0.25, -0.2) is 9.07 Å². The largest absolute Gasteiger partial charge is 0.491 e. The van der Waals surface area contributed by atoms with Gasteiger partial charge in [0, 0.05) is 6.54 Å². The minimum absolute atomic E-state index is 0.0279. The van der Waals surface area contributed by atoms with Gasteiger partial charge in [-0.3, -0.25) is 4.79 Å². The molecule has 0 aliphatic rings. The molecule has 1 amide bonds. The van der Waals surface area contributed by atoms with Gasteiger partial charge in [-0.15, -0.1) is 5.10 Å². The zero-order valence-corrected chi connectivity index (χ0v) is 16.2. The van der Waals surface area contributed by atoms with E-state index >= 15 is 0 Å². The third-order valence-corrected chi connectivity index (χ3v) is 4.30. The van der Waals surface area contributed by atoms with Gasteiger partial charge in [-0.05, 0) is 55.5 Å². The number of halogens is 4. The molecule has 1 unspecified atom stereocenters. The molecule has 1 heterocycles. The molecule has 0 aliphatic carbocycles. The number of nitrogens with one attached hydrogen (secondary N) is 1. The number of alkyl halides is 3. The summed E-state index contributed by atoms with van der Waals surface area (Å²) in [6.07, 6.45) is -5.56. The van der Waals surface area contributed by atoms with E-state index in [9.17, 15) is 27.5 Å². The molecule has 3 aromatic rings. The van der Waals surface area contributed by atoms with Gasteiger partial charge < -0.3 is 15.2 Å². The van der Waals surface area contributed by atoms with Crippen LogP contribution in [-0.2, 0) is 6.18 Å². The Kier molecular flexibility index (Phi) is 6.54. The lowest BCUT2D eigenvalue weighted by Gasteiger charge is -2.14. The molecule has 0 saturated carbocycles. The first-order valence-corrected chi connectivity index (χ1v) is 9.09. The first-order chi connectivity index (χ1) is 14.6. The van der Waals surface area contributed by atoms with Gasteiger partial charge in [0.1, 0.15) is 24.3 Å². The van der Waals surface area contributed by atoms with Gasteiger partial charge in [0.15, 0.2) is 5.69 Å². The number of carbonyl (C=O) groups is 1. The van der Waals surface area contributed by atoms with Crippen molar-refractivity contribution >= 4 is 5.91 Å². The average Bonchev–Trinajstić information content (AvgIpc) is 3.12. The number of aliphatic hydroxyl groups is 1. The summed E-state index contributed by atoms with van der Waals surface area (Å²) in [5, 5.41) is 20.2. The summed E-state index contributed by atoms with van der Waals surface area (Å²) < 4.78 is 57.3. The molecule has 2 N–H and O–H groups in total. The number of rotatable bonds is 7. The maximum Gasteiger partial charge on any atom is 0.416 e. The second-order valence-corrected chi connectivity index (χ2v) is 6.61. The Labute approximate surface area is 174 Å². The third kappa shape index (κ3) is 5.57. The van der Waals surface area contributed by atoms with Gasteiger partial charge in [-0.1, -0.05) is 5.21 Å². The van der Waals surface area contributed by atoms with E-state index in [2.05, 4.69) is 15.6 Å². The first-order valence-electron chi connectivity index (χ1n) is 9.09. The van der Waals surface area contributed by atoms with Crippen LogP contribution < -0.4 is 10.1 Å². The number of nitrogens with zero attached hydrogens (tertiary/aromatic N) is 3. The quantitative estimate of drug-likeness (QED) is 0.554. The van der Waals surface area contributed by atoms with Crippen LogP contribution in [0.4, 0.5) is 17.6 Å². The molecule has 31 heavy (non-hydrogen) atoms. The normalized spacial score (nSPS) is 12.5. The van der Waals surface area contributed by atoms with E-state index in [4.69, 9.17) is 4.74 Å². The van der Waals surface area contributed by atoms with E-state index in [-0.39, 0.29) is 24.6 Å². The number of aromatic nitrogens is 3. The van der Waals surface area contributed by atoms with Crippen molar-refractivity contribution in [3.8, 4) is 11.4 Å². The van der Waals surface area contributed by atoms with Crippen LogP contribution in [0.3, 0.4) is 0 Å². The minimum atomic E-state index is -4.45. The highest BCUT2D eigenvalue weighted by Gasteiger charge is 2.30. The van der Waals surface area contributed by atoms with Crippen molar-refractivity contribution in [1.29, 1.82) is 0 Å². The van der Waals surface area contributed by atoms with Crippen LogP contribution in [0.25, 0.3) is 5.69 Å². The van der Waals surface area contributed by atoms with E-state index in [0.29, 0.717) is 11.4 Å². The Bertz CT molecular complexity index is 1030. The number of hydrogen-bond donors (Lipinski definition) is 2. The molecular formula is C20H18F4N4O3. The van der Waals surface area contributed by atoms with Crippen LogP contribution in [0.5, 0.6) is 5.75 Å². The van der Waals surface area contributed by atoms with Crippen LogP contribution in [-0.4, -0.2) is 45.3 Å². The summed E-state index contributed by atoms with van der Waals surface area (Å²) >= 11 is 0. The van der Waals surface area contributed by atoms with Crippen molar-refractivity contribution in [2.75, 3.05) is 13.2 Å². The molecule has 7 nitrogen and oxygen atoms in total. The van der Waals surface area contributed by atoms with Crippen LogP contribution in [0, 0.1) is 12.7 Å². The van der Waals surface area contributed by atoms with E-state index in [1.165, 1.54) is 28.9 Å². The predicted octanol–water partition coefficient (Wildman–Crippen LogP) is 2.90. The van der Waals surface area contributed by atoms with Crippen molar-refractivity contribution < 1.29 is 32.2 Å². The monoisotopic (exact) mass is 438 g/mol. The van der Waals surface area contributed by atoms with E-state index in [0.717, 1.165) is 24.3 Å². The molecule has 1 aromatic heterocycles. The molecule has 1 atom stereocenters. The van der Waals surface area contributed by atoms with Crippen molar-refractivity contribution in [2.45, 2.75) is 19.2 Å². The second kappa shape index (κ2) is 9.13. The second-order valence-electron chi connectivity index (χ2n) is 6.61. The molecule has 164 valence electrons. The lowest BCUT2D eigenvalue weighted by Crippen LogP contribution is -2.35. The highest BCUT2D eigenvalue weighted by Crippen LogP contribution is 2.30. The average molecular weight is 438 g/mol. The van der Waals surface area contributed by atoms with E-state index in [1.807, 2.05) is 0 Å². The molecule has 11 heteroatoms. The van der Waals surface area contributed by atoms with Gasteiger partial charge in [0.2, 0.25) is 0 Å². The molecule has 2 aromatic carbocycles. The Morgan fingerprint density at radius 3 is 2.42 bits per heavy atom. The molecule has 0 bridgehead atoms. The number of amides is 1. The number of benzene rings is 2. The zero-order chi connectivity index (χ0) is 22.6. The molecule has 0 saturated heterocycles. The van der Waals surface area contributed by atoms with Gasteiger partial charge in [-0.2, -0.15) is 13.2 Å². The summed E-state index contributed by atoms with van der Waals surface area (Å²) in [5.41, 5.74) is 0.159. The van der Waals surface area contributed by atoms with Gasteiger partial charge in [0.25, 0.3) is 5.91 Å². The van der Waals surface area contributed by atoms with Crippen molar-refractivity contribution in [3.63, 3.8) is 0 Å². The molecule has 0 aliphatic heterocycles. The Morgan fingerprint density at radius 1 is 1.16 bits per heavy atom. The lowest BCUT2D eigenvalue weighted by molar-refractivity contribution is -0.137. The maximum absolute atomic E-state index is 13.1. The SMILES string of the molecule is Cc1c(C(=O)NCC(O)COc2ccc(C(F)(F)F)cc2)nnn1-c1ccc(F)cc1. The van der Waals surface area contributed by atoms with Crippen molar-refractivity contribution in [1.82, 2.24) is 20.3 Å². The van der Waals surface area contributed by atoms with E-state index < -0.39 is 29.6 Å². The fourth-order valence-corrected chi connectivity index (χ4v) is 2.65. The van der Waals surface area contributed by atoms with Crippen LogP contribution >= 0.6 is 0 Å². The minimum Gasteiger partial charge on any atom is -0.491 e. The number of aliphatic hydroxyl groups excluding tert-OH is 1. The summed E-state index contributed by atoms with van der Waals surface area (Å²) in [6, 6.07) is 9.51. The lowest BCUT2D eigenvalue weighted by atomic mass is 10.2. The summed E-state index contributed by atoms with van der Waals surface area (Å²) in [7, 11) is 0. The molecule has 0 radical (unpaired) electrons. The highest BCUT2D eigenvalue weighted by atomic mass is 19.4. The van der Waals surface area contributed by atoms with Crippen molar-refractivity contribution in [2.24, 2.45) is 0 Å². The predicted molar refractivity (Wildman–Crippen MR) is 101 cm³/mol. The van der Waals surface area contributed by atoms with Gasteiger partial charge >= 0.3 is 6.18 Å². The summed E-state index contributed by atoms with van der Waals surface area (Å²) in [5.74, 6) is -0.845. The topological polar surface area (TPSA) is 89.3 Å². The molecule has 3 rings (SSSR count). The summed E-state index contributed by atoms with van der Waals surface area (Å²) in [4.78, 5) is 12.3. The fourth-order valence-electron chi connectivity index (χ4n) is 2.65. The van der Waals surface area contributed by atoms with E-state index in [1.54, 1.807) is 6.92 Å². The van der Waals surface area contributed by atoms with Crippen LogP contribution in [0.1, 0.15) is 21.7 Å². The molecule has 0 spiro atoms. The standard InChI is InChI=1S/C20H18F4N4O3/c1-12-18(26-27-28(12)15-6-4-14(21)5-7-15)19(30)25-10-16(29)11-31-17-8-2-13(3-9-17)20(22,23)24/h2-9,16,29H,10-11H2,1H3,(H,25,30). The summed E-state index contributed by atoms with van der Waals surface area (Å²) in [6.45, 7) is 1.19. The number of carbonyl (C=O) groups excluding carboxylic acids is 1. The van der Waals surface area contributed by atoms with Crippen molar-refractivity contribution in [3.05, 3.63) is 71.3 Å². The third-order valence-electron chi connectivity index (χ3n) is 4.30. The van der Waals surface area contributed by atoms with Gasteiger partial charge in [0.05, 0.1) is 16.9 Å². The highest BCUT2D eigenvalue weighted by molar-refractivity contribution is 5.93. The fraction of sp³-hybridized carbons (Fsp3) is 0.250. The van der Waals surface area contributed by atoms with Crippen LogP contribution in [0.2, 0.25) is 0 Å². The first kappa shape index (κ1) is 22.2. The number of ether oxygens (including phenoxy) is 1. The molecule has 0 fully saturated rings. The number of hydrogen-bond acceptors (Lipinski definition) is 5. The Balaban J connectivity index is 1.52. The maximum atomic E-state index is 13.1.